The monoisotopic (exact) mass is 315 g/mol. The fraction of sp³-hybridized carbons (Fsp3) is 0.312. The van der Waals surface area contributed by atoms with Crippen molar-refractivity contribution in [1.29, 1.82) is 0 Å². The van der Waals surface area contributed by atoms with Gasteiger partial charge in [0, 0.05) is 44.0 Å². The number of anilines is 1. The van der Waals surface area contributed by atoms with Gasteiger partial charge in [0.25, 0.3) is 0 Å². The van der Waals surface area contributed by atoms with Crippen LogP contribution in [0, 0.1) is 0 Å². The summed E-state index contributed by atoms with van der Waals surface area (Å²) < 4.78 is 0. The van der Waals surface area contributed by atoms with E-state index in [2.05, 4.69) is 25.9 Å². The Morgan fingerprint density at radius 3 is 2.65 bits per heavy atom. The molecule has 23 heavy (non-hydrogen) atoms. The van der Waals surface area contributed by atoms with E-state index < -0.39 is 0 Å². The highest BCUT2D eigenvalue weighted by Gasteiger charge is 2.02. The number of H-pyrrole nitrogens is 1. The first-order valence-electron chi connectivity index (χ1n) is 7.44. The number of rotatable bonds is 8. The number of nitrogens with one attached hydrogen (secondary N) is 4. The predicted octanol–water partition coefficient (Wildman–Crippen LogP) is 0.817. The third-order valence-electron chi connectivity index (χ3n) is 3.18. The second-order valence-electron chi connectivity index (χ2n) is 5.16. The molecule has 0 fully saturated rings. The van der Waals surface area contributed by atoms with Crippen LogP contribution in [0.2, 0.25) is 0 Å². The fourth-order valence-electron chi connectivity index (χ4n) is 2.02. The number of carbonyl (C=O) groups excluding carboxylic acids is 2. The summed E-state index contributed by atoms with van der Waals surface area (Å²) in [5, 5.41) is 8.63. The Labute approximate surface area is 134 Å². The minimum absolute atomic E-state index is 0.0550. The van der Waals surface area contributed by atoms with Crippen molar-refractivity contribution in [2.45, 2.75) is 19.9 Å². The molecule has 1 aromatic heterocycles. The summed E-state index contributed by atoms with van der Waals surface area (Å²) in [6.45, 7) is 2.91. The van der Waals surface area contributed by atoms with Gasteiger partial charge in [0.05, 0.1) is 12.9 Å². The molecular formula is C16H21N5O2. The minimum atomic E-state index is -0.104. The lowest BCUT2D eigenvalue weighted by Crippen LogP contribution is -2.34. The van der Waals surface area contributed by atoms with E-state index >= 15 is 0 Å². The Balaban J connectivity index is 1.62. The van der Waals surface area contributed by atoms with E-state index in [0.29, 0.717) is 13.1 Å². The molecule has 7 nitrogen and oxygen atoms in total. The molecule has 122 valence electrons. The van der Waals surface area contributed by atoms with Crippen molar-refractivity contribution in [1.82, 2.24) is 20.6 Å². The van der Waals surface area contributed by atoms with Gasteiger partial charge >= 0.3 is 0 Å². The highest BCUT2D eigenvalue weighted by molar-refractivity contribution is 5.88. The molecule has 0 atom stereocenters. The summed E-state index contributed by atoms with van der Waals surface area (Å²) in [4.78, 5) is 29.6. The van der Waals surface area contributed by atoms with Crippen molar-refractivity contribution in [2.24, 2.45) is 0 Å². The van der Waals surface area contributed by atoms with E-state index in [1.54, 1.807) is 12.5 Å². The summed E-state index contributed by atoms with van der Waals surface area (Å²) in [6, 6.07) is 7.37. The summed E-state index contributed by atoms with van der Waals surface area (Å²) in [5.74, 6) is -0.159. The number of benzene rings is 1. The molecule has 2 aromatic rings. The average Bonchev–Trinajstić information content (AvgIpc) is 3.04. The normalized spacial score (nSPS) is 10.3. The molecule has 0 aliphatic heterocycles. The SMILES string of the molecule is CC(=O)Nc1ccc(CNC(=O)CNCCc2cnc[nH]2)cc1. The Morgan fingerprint density at radius 2 is 2.00 bits per heavy atom. The maximum absolute atomic E-state index is 11.7. The van der Waals surface area contributed by atoms with Gasteiger partial charge in [-0.1, -0.05) is 12.1 Å². The molecule has 1 heterocycles. The molecule has 0 saturated carbocycles. The van der Waals surface area contributed by atoms with Crippen LogP contribution in [0.4, 0.5) is 5.69 Å². The summed E-state index contributed by atoms with van der Waals surface area (Å²) in [6.07, 6.45) is 4.21. The zero-order valence-electron chi connectivity index (χ0n) is 13.1. The molecule has 0 radical (unpaired) electrons. The van der Waals surface area contributed by atoms with Crippen LogP contribution < -0.4 is 16.0 Å². The summed E-state index contributed by atoms with van der Waals surface area (Å²) in [5.41, 5.74) is 2.76. The van der Waals surface area contributed by atoms with Crippen LogP contribution in [-0.2, 0) is 22.6 Å². The highest BCUT2D eigenvalue weighted by Crippen LogP contribution is 2.09. The number of imidazole rings is 1. The molecule has 7 heteroatoms. The van der Waals surface area contributed by atoms with E-state index in [0.717, 1.165) is 23.4 Å². The van der Waals surface area contributed by atoms with E-state index in [-0.39, 0.29) is 18.4 Å². The second-order valence-corrected chi connectivity index (χ2v) is 5.16. The third-order valence-corrected chi connectivity index (χ3v) is 3.18. The topological polar surface area (TPSA) is 98.9 Å². The lowest BCUT2D eigenvalue weighted by molar-refractivity contribution is -0.120. The molecule has 2 amide bonds. The van der Waals surface area contributed by atoms with E-state index in [1.165, 1.54) is 6.92 Å². The van der Waals surface area contributed by atoms with Gasteiger partial charge in [-0.15, -0.1) is 0 Å². The Kier molecular flexibility index (Phi) is 6.31. The van der Waals surface area contributed by atoms with Crippen LogP contribution in [0.15, 0.2) is 36.8 Å². The Morgan fingerprint density at radius 1 is 1.22 bits per heavy atom. The Hall–Kier alpha value is -2.67. The number of hydrogen-bond donors (Lipinski definition) is 4. The largest absolute Gasteiger partial charge is 0.351 e. The van der Waals surface area contributed by atoms with Gasteiger partial charge in [-0.2, -0.15) is 0 Å². The van der Waals surface area contributed by atoms with Gasteiger partial charge in [0.2, 0.25) is 11.8 Å². The minimum Gasteiger partial charge on any atom is -0.351 e. The first-order valence-corrected chi connectivity index (χ1v) is 7.44. The third kappa shape index (κ3) is 6.31. The molecule has 0 saturated heterocycles. The van der Waals surface area contributed by atoms with Crippen molar-refractivity contribution in [3.8, 4) is 0 Å². The van der Waals surface area contributed by atoms with Crippen LogP contribution in [-0.4, -0.2) is 34.9 Å². The van der Waals surface area contributed by atoms with Crippen molar-refractivity contribution in [3.63, 3.8) is 0 Å². The van der Waals surface area contributed by atoms with Crippen LogP contribution in [0.5, 0.6) is 0 Å². The molecule has 4 N–H and O–H groups in total. The first kappa shape index (κ1) is 16.7. The van der Waals surface area contributed by atoms with Gasteiger partial charge in [0.1, 0.15) is 0 Å². The number of aromatic nitrogens is 2. The number of amides is 2. The lowest BCUT2D eigenvalue weighted by atomic mass is 10.2. The molecule has 0 unspecified atom stereocenters. The molecule has 0 spiro atoms. The van der Waals surface area contributed by atoms with E-state index in [4.69, 9.17) is 0 Å². The summed E-state index contributed by atoms with van der Waals surface area (Å²) in [7, 11) is 0. The van der Waals surface area contributed by atoms with Crippen molar-refractivity contribution < 1.29 is 9.59 Å². The van der Waals surface area contributed by atoms with Crippen LogP contribution >= 0.6 is 0 Å². The standard InChI is InChI=1S/C16H21N5O2/c1-12(22)21-14-4-2-13(3-5-14)8-19-16(23)10-17-7-6-15-9-18-11-20-15/h2-5,9,11,17H,6-8,10H2,1H3,(H,18,20)(H,19,23)(H,21,22). The maximum Gasteiger partial charge on any atom is 0.234 e. The smallest absolute Gasteiger partial charge is 0.234 e. The van der Waals surface area contributed by atoms with Gasteiger partial charge in [0.15, 0.2) is 0 Å². The van der Waals surface area contributed by atoms with Gasteiger partial charge in [-0.25, -0.2) is 4.98 Å². The molecule has 0 aliphatic carbocycles. The maximum atomic E-state index is 11.7. The predicted molar refractivity (Wildman–Crippen MR) is 87.8 cm³/mol. The molecule has 0 bridgehead atoms. The zero-order chi connectivity index (χ0) is 16.5. The number of hydrogen-bond acceptors (Lipinski definition) is 4. The second kappa shape index (κ2) is 8.70. The van der Waals surface area contributed by atoms with Crippen LogP contribution in [0.1, 0.15) is 18.2 Å². The van der Waals surface area contributed by atoms with Gasteiger partial charge in [-0.05, 0) is 17.7 Å². The van der Waals surface area contributed by atoms with Crippen molar-refractivity contribution in [2.75, 3.05) is 18.4 Å². The molecule has 1 aromatic carbocycles. The average molecular weight is 315 g/mol. The Bertz CT molecular complexity index is 622. The van der Waals surface area contributed by atoms with Crippen LogP contribution in [0.3, 0.4) is 0 Å². The molecular weight excluding hydrogens is 294 g/mol. The van der Waals surface area contributed by atoms with Gasteiger partial charge in [-0.3, -0.25) is 9.59 Å². The van der Waals surface area contributed by atoms with Gasteiger partial charge < -0.3 is 20.9 Å². The lowest BCUT2D eigenvalue weighted by Gasteiger charge is -2.08. The van der Waals surface area contributed by atoms with E-state index in [1.807, 2.05) is 24.3 Å². The van der Waals surface area contributed by atoms with Crippen LogP contribution in [0.25, 0.3) is 0 Å². The summed E-state index contributed by atoms with van der Waals surface area (Å²) >= 11 is 0. The number of carbonyl (C=O) groups is 2. The fourth-order valence-corrected chi connectivity index (χ4v) is 2.02. The number of aromatic amines is 1. The highest BCUT2D eigenvalue weighted by atomic mass is 16.2. The zero-order valence-corrected chi connectivity index (χ0v) is 13.1. The number of nitrogens with zero attached hydrogens (tertiary/aromatic N) is 1. The first-order chi connectivity index (χ1) is 11.1. The van der Waals surface area contributed by atoms with Crippen molar-refractivity contribution >= 4 is 17.5 Å². The van der Waals surface area contributed by atoms with Crippen molar-refractivity contribution in [3.05, 3.63) is 48.0 Å². The van der Waals surface area contributed by atoms with E-state index in [9.17, 15) is 9.59 Å². The quantitative estimate of drug-likeness (QED) is 0.542. The molecule has 2 rings (SSSR count). The molecule has 0 aliphatic rings.